The zero-order chi connectivity index (χ0) is 15.0. The number of hydrogen-bond donors (Lipinski definition) is 4. The monoisotopic (exact) mass is 283 g/mol. The third kappa shape index (κ3) is 2.08. The minimum absolute atomic E-state index is 0.0969. The van der Waals surface area contributed by atoms with E-state index in [1.54, 1.807) is 0 Å². The maximum absolute atomic E-state index is 10.7. The van der Waals surface area contributed by atoms with E-state index in [-0.39, 0.29) is 23.0 Å². The third-order valence-corrected chi connectivity index (χ3v) is 3.03. The van der Waals surface area contributed by atoms with Crippen LogP contribution in [0.5, 0.6) is 0 Å². The summed E-state index contributed by atoms with van der Waals surface area (Å²) in [6.45, 7) is 0. The molecule has 2 aromatic heterocycles. The Kier molecular flexibility index (Phi) is 2.83. The number of nitrogens with one attached hydrogen (secondary N) is 1. The second-order valence-corrected chi connectivity index (χ2v) is 4.43. The van der Waals surface area contributed by atoms with Gasteiger partial charge in [0.25, 0.3) is 0 Å². The number of H-pyrrole nitrogens is 1. The maximum Gasteiger partial charge on any atom is 0.170 e. The van der Waals surface area contributed by atoms with Gasteiger partial charge in [0.15, 0.2) is 17.9 Å². The molecular formula is C13H13N7O. The van der Waals surface area contributed by atoms with Crippen molar-refractivity contribution in [3.63, 3.8) is 0 Å². The van der Waals surface area contributed by atoms with Crippen LogP contribution in [0.3, 0.4) is 0 Å². The third-order valence-electron chi connectivity index (χ3n) is 3.03. The van der Waals surface area contributed by atoms with E-state index < -0.39 is 0 Å². The van der Waals surface area contributed by atoms with Gasteiger partial charge in [-0.2, -0.15) is 9.78 Å². The highest BCUT2D eigenvalue weighted by Crippen LogP contribution is 2.18. The van der Waals surface area contributed by atoms with Crippen molar-refractivity contribution in [1.82, 2.24) is 19.7 Å². The van der Waals surface area contributed by atoms with E-state index in [2.05, 4.69) is 15.1 Å². The van der Waals surface area contributed by atoms with Gasteiger partial charge >= 0.3 is 0 Å². The van der Waals surface area contributed by atoms with Crippen LogP contribution in [0.15, 0.2) is 30.3 Å². The minimum Gasteiger partial charge on any atom is -0.393 e. The zero-order valence-electron chi connectivity index (χ0n) is 10.9. The molecule has 21 heavy (non-hydrogen) atoms. The molecule has 0 atom stereocenters. The Morgan fingerprint density at radius 3 is 2.71 bits per heavy atom. The Labute approximate surface area is 119 Å². The number of anilines is 1. The average Bonchev–Trinajstić information content (AvgIpc) is 3.08. The first-order chi connectivity index (χ1) is 10.1. The van der Waals surface area contributed by atoms with Gasteiger partial charge in [0.1, 0.15) is 17.2 Å². The number of rotatable bonds is 3. The first kappa shape index (κ1) is 12.7. The van der Waals surface area contributed by atoms with Gasteiger partial charge in [-0.15, -0.1) is 0 Å². The van der Waals surface area contributed by atoms with Gasteiger partial charge < -0.3 is 22.2 Å². The van der Waals surface area contributed by atoms with E-state index in [4.69, 9.17) is 17.2 Å². The minimum atomic E-state index is 0.0969. The summed E-state index contributed by atoms with van der Waals surface area (Å²) in [4.78, 5) is 18.1. The largest absolute Gasteiger partial charge is 0.393 e. The predicted octanol–water partition coefficient (Wildman–Crippen LogP) is 0.355. The number of para-hydroxylation sites is 2. The number of fused-ring (bicyclic) bond motifs is 1. The van der Waals surface area contributed by atoms with Crippen molar-refractivity contribution < 1.29 is 4.79 Å². The molecule has 0 saturated heterocycles. The van der Waals surface area contributed by atoms with Crippen molar-refractivity contribution in [2.75, 3.05) is 5.73 Å². The number of hydrogen-bond acceptors (Lipinski definition) is 6. The Bertz CT molecular complexity index is 825. The fourth-order valence-corrected chi connectivity index (χ4v) is 1.98. The highest BCUT2D eigenvalue weighted by Gasteiger charge is 2.13. The summed E-state index contributed by atoms with van der Waals surface area (Å²) in [6.07, 6.45) is 0.581. The van der Waals surface area contributed by atoms with E-state index in [0.717, 1.165) is 11.0 Å². The van der Waals surface area contributed by atoms with Gasteiger partial charge in [-0.05, 0) is 12.1 Å². The standard InChI is InChI=1S/C13H13N7O/c14-10-5-7(6-21)19-20(10)12(16)11(15)13-17-8-3-1-2-4-9(8)18-13/h1-6H,14-16H2,(H,17,18)/b12-11-. The van der Waals surface area contributed by atoms with Crippen molar-refractivity contribution in [3.8, 4) is 0 Å². The lowest BCUT2D eigenvalue weighted by Crippen LogP contribution is -2.17. The molecule has 7 N–H and O–H groups in total. The maximum atomic E-state index is 10.7. The molecule has 0 bridgehead atoms. The van der Waals surface area contributed by atoms with Crippen molar-refractivity contribution in [3.05, 3.63) is 41.9 Å². The summed E-state index contributed by atoms with van der Waals surface area (Å²) < 4.78 is 1.20. The van der Waals surface area contributed by atoms with Crippen LogP contribution in [0.1, 0.15) is 16.3 Å². The number of nitrogens with two attached hydrogens (primary N) is 3. The summed E-state index contributed by atoms with van der Waals surface area (Å²) >= 11 is 0. The fourth-order valence-electron chi connectivity index (χ4n) is 1.98. The Hall–Kier alpha value is -3.29. The molecule has 0 aliphatic carbocycles. The predicted molar refractivity (Wildman–Crippen MR) is 79.6 cm³/mol. The van der Waals surface area contributed by atoms with E-state index in [9.17, 15) is 4.79 Å². The molecule has 3 rings (SSSR count). The molecule has 0 saturated carbocycles. The molecule has 2 heterocycles. The number of nitrogens with zero attached hydrogens (tertiary/aromatic N) is 3. The van der Waals surface area contributed by atoms with Crippen molar-refractivity contribution >= 4 is 34.7 Å². The molecule has 8 heteroatoms. The van der Waals surface area contributed by atoms with Crippen LogP contribution in [0.4, 0.5) is 5.82 Å². The summed E-state index contributed by atoms with van der Waals surface area (Å²) in [5.41, 5.74) is 19.7. The molecule has 3 aromatic rings. The Balaban J connectivity index is 2.11. The molecular weight excluding hydrogens is 270 g/mol. The van der Waals surface area contributed by atoms with Crippen LogP contribution in [0.25, 0.3) is 22.6 Å². The molecule has 106 valence electrons. The molecule has 0 amide bonds. The van der Waals surface area contributed by atoms with Crippen LogP contribution in [0.2, 0.25) is 0 Å². The van der Waals surface area contributed by atoms with E-state index in [1.807, 2.05) is 24.3 Å². The van der Waals surface area contributed by atoms with Crippen molar-refractivity contribution in [2.45, 2.75) is 0 Å². The fraction of sp³-hybridized carbons (Fsp3) is 0. The Morgan fingerprint density at radius 1 is 1.29 bits per heavy atom. The molecule has 0 aliphatic rings. The molecule has 0 radical (unpaired) electrons. The number of carbonyl (C=O) groups is 1. The first-order valence-corrected chi connectivity index (χ1v) is 6.11. The molecule has 0 spiro atoms. The number of imidazole rings is 1. The van der Waals surface area contributed by atoms with Crippen molar-refractivity contribution in [2.24, 2.45) is 11.5 Å². The summed E-state index contributed by atoms with van der Waals surface area (Å²) in [5, 5.41) is 3.95. The van der Waals surface area contributed by atoms with Gasteiger partial charge in [0.2, 0.25) is 0 Å². The number of nitrogen functional groups attached to an aromatic ring is 1. The van der Waals surface area contributed by atoms with Gasteiger partial charge in [0.05, 0.1) is 11.0 Å². The van der Waals surface area contributed by atoms with E-state index >= 15 is 0 Å². The molecule has 1 aromatic carbocycles. The molecule has 0 fully saturated rings. The number of aromatic nitrogens is 4. The van der Waals surface area contributed by atoms with Gasteiger partial charge in [-0.25, -0.2) is 4.98 Å². The number of benzene rings is 1. The van der Waals surface area contributed by atoms with Crippen LogP contribution in [-0.2, 0) is 0 Å². The van der Waals surface area contributed by atoms with Gasteiger partial charge in [0, 0.05) is 6.07 Å². The zero-order valence-corrected chi connectivity index (χ0v) is 10.9. The second kappa shape index (κ2) is 4.67. The van der Waals surface area contributed by atoms with Crippen LogP contribution < -0.4 is 17.2 Å². The lowest BCUT2D eigenvalue weighted by molar-refractivity contribution is 0.111. The van der Waals surface area contributed by atoms with Gasteiger partial charge in [-0.3, -0.25) is 4.79 Å². The number of aldehydes is 1. The van der Waals surface area contributed by atoms with Crippen molar-refractivity contribution in [1.29, 1.82) is 0 Å². The lowest BCUT2D eigenvalue weighted by Gasteiger charge is -2.06. The van der Waals surface area contributed by atoms with Gasteiger partial charge in [-0.1, -0.05) is 12.1 Å². The van der Waals surface area contributed by atoms with E-state index in [1.165, 1.54) is 10.7 Å². The molecule has 8 nitrogen and oxygen atoms in total. The number of carbonyl (C=O) groups excluding carboxylic acids is 1. The Morgan fingerprint density at radius 2 is 2.05 bits per heavy atom. The number of aromatic amines is 1. The summed E-state index contributed by atoms with van der Waals surface area (Å²) in [7, 11) is 0. The first-order valence-electron chi connectivity index (χ1n) is 6.11. The van der Waals surface area contributed by atoms with Crippen LogP contribution in [-0.4, -0.2) is 26.0 Å². The second-order valence-electron chi connectivity index (χ2n) is 4.43. The topological polar surface area (TPSA) is 142 Å². The lowest BCUT2D eigenvalue weighted by atomic mass is 10.3. The molecule has 0 aliphatic heterocycles. The SMILES string of the molecule is N/C(=C(/N)n1nc(C=O)cc1N)c1nc2ccccc2[nH]1. The normalized spacial score (nSPS) is 12.4. The summed E-state index contributed by atoms with van der Waals surface area (Å²) in [5.74, 6) is 0.726. The average molecular weight is 283 g/mol. The van der Waals surface area contributed by atoms with Crippen LogP contribution in [0, 0.1) is 0 Å². The molecule has 0 unspecified atom stereocenters. The van der Waals surface area contributed by atoms with E-state index in [0.29, 0.717) is 12.1 Å². The smallest absolute Gasteiger partial charge is 0.170 e. The quantitative estimate of drug-likeness (QED) is 0.511. The highest BCUT2D eigenvalue weighted by molar-refractivity contribution is 5.84. The van der Waals surface area contributed by atoms with Crippen LogP contribution >= 0.6 is 0 Å². The summed E-state index contributed by atoms with van der Waals surface area (Å²) in [6, 6.07) is 8.90. The highest BCUT2D eigenvalue weighted by atomic mass is 16.1.